The van der Waals surface area contributed by atoms with Gasteiger partial charge in [-0.2, -0.15) is 23.8 Å². The first kappa shape index (κ1) is 16.2. The van der Waals surface area contributed by atoms with Gasteiger partial charge in [-0.3, -0.25) is 0 Å². The molecule has 14 heavy (non-hydrogen) atoms. The molecule has 0 aliphatic rings. The number of aryl methyl sites for hydroxylation is 1. The molecule has 0 aromatic heterocycles. The molecule has 0 atom stereocenters. The number of hydrogen-bond acceptors (Lipinski definition) is 0. The van der Waals surface area contributed by atoms with Crippen LogP contribution in [0, 0.1) is 27.8 Å². The molecule has 0 heterocycles. The Balaban J connectivity index is 0. The molecule has 0 bridgehead atoms. The first-order valence-electron chi connectivity index (χ1n) is 3.73. The van der Waals surface area contributed by atoms with Crippen molar-refractivity contribution in [3.8, 4) is 0 Å². The van der Waals surface area contributed by atoms with E-state index in [0.29, 0.717) is 0 Å². The second-order valence-corrected chi connectivity index (χ2v) is 2.74. The second-order valence-electron chi connectivity index (χ2n) is 2.74. The van der Waals surface area contributed by atoms with Gasteiger partial charge in [0.1, 0.15) is 0 Å². The van der Waals surface area contributed by atoms with Crippen molar-refractivity contribution in [3.05, 3.63) is 62.9 Å². The van der Waals surface area contributed by atoms with Gasteiger partial charge < -0.3 is 14.9 Å². The average Bonchev–Trinajstić information content (AvgIpc) is 2.04. The van der Waals surface area contributed by atoms with Crippen molar-refractivity contribution in [2.75, 3.05) is 0 Å². The van der Waals surface area contributed by atoms with Gasteiger partial charge in [0.2, 0.25) is 0 Å². The molecule has 2 aromatic rings. The van der Waals surface area contributed by atoms with Crippen LogP contribution in [-0.2, 0) is 32.7 Å². The Morgan fingerprint density at radius 3 is 2.21 bits per heavy atom. The van der Waals surface area contributed by atoms with E-state index in [1.54, 1.807) is 0 Å². The van der Waals surface area contributed by atoms with Gasteiger partial charge in [0, 0.05) is 0 Å². The minimum atomic E-state index is 0. The Labute approximate surface area is 113 Å². The Kier molecular flexibility index (Phi) is 8.29. The standard InChI is InChI=1S/C11H9.2CH3.Y/c1-9-6-7-10-4-2-3-5-11(10)8-9;;;/h2-5,7-8H,1H3;2*1H3;/q3*-1;+3. The van der Waals surface area contributed by atoms with E-state index in [2.05, 4.69) is 37.3 Å². The minimum absolute atomic E-state index is 0. The summed E-state index contributed by atoms with van der Waals surface area (Å²) in [5, 5.41) is 2.56. The van der Waals surface area contributed by atoms with E-state index < -0.39 is 0 Å². The Bertz CT molecular complexity index is 380. The van der Waals surface area contributed by atoms with E-state index in [1.807, 2.05) is 12.1 Å². The molecule has 2 aromatic carbocycles. The molecule has 1 heteroatoms. The fourth-order valence-electron chi connectivity index (χ4n) is 1.24. The van der Waals surface area contributed by atoms with E-state index in [-0.39, 0.29) is 47.6 Å². The van der Waals surface area contributed by atoms with Gasteiger partial charge in [-0.1, -0.05) is 25.1 Å². The van der Waals surface area contributed by atoms with Crippen LogP contribution in [0.2, 0.25) is 0 Å². The van der Waals surface area contributed by atoms with Crippen LogP contribution in [-0.4, -0.2) is 0 Å². The van der Waals surface area contributed by atoms with Crippen LogP contribution in [0.1, 0.15) is 5.56 Å². The van der Waals surface area contributed by atoms with Crippen LogP contribution in [0.4, 0.5) is 0 Å². The van der Waals surface area contributed by atoms with Crippen LogP contribution in [0.15, 0.2) is 36.4 Å². The van der Waals surface area contributed by atoms with E-state index in [0.717, 1.165) is 0 Å². The van der Waals surface area contributed by atoms with Crippen LogP contribution in [0.5, 0.6) is 0 Å². The largest absolute Gasteiger partial charge is 3.00 e. The zero-order chi connectivity index (χ0) is 7.68. The molecule has 0 radical (unpaired) electrons. The van der Waals surface area contributed by atoms with Crippen molar-refractivity contribution in [3.63, 3.8) is 0 Å². The molecule has 0 amide bonds. The SMILES string of the molecule is Cc1[c-]cc2ccccc2c1.[CH3-].[CH3-].[Y+3]. The van der Waals surface area contributed by atoms with Crippen LogP contribution >= 0.6 is 0 Å². The molecule has 0 N–H and O–H groups in total. The van der Waals surface area contributed by atoms with Gasteiger partial charge in [-0.15, -0.1) is 16.8 Å². The second kappa shape index (κ2) is 7.14. The summed E-state index contributed by atoms with van der Waals surface area (Å²) in [4.78, 5) is 0. The smallest absolute Gasteiger partial charge is 0.358 e. The van der Waals surface area contributed by atoms with Gasteiger partial charge in [0.05, 0.1) is 0 Å². The van der Waals surface area contributed by atoms with E-state index in [9.17, 15) is 0 Å². The summed E-state index contributed by atoms with van der Waals surface area (Å²) in [6.07, 6.45) is 0. The number of fused-ring (bicyclic) bond motifs is 1. The maximum absolute atomic E-state index is 3.17. The molecule has 2 rings (SSSR count). The van der Waals surface area contributed by atoms with Gasteiger partial charge >= 0.3 is 32.7 Å². The predicted molar refractivity (Wildman–Crippen MR) is 60.3 cm³/mol. The average molecular weight is 260 g/mol. The van der Waals surface area contributed by atoms with E-state index in [1.165, 1.54) is 16.3 Å². The topological polar surface area (TPSA) is 0 Å². The molecule has 0 aliphatic carbocycles. The fourth-order valence-corrected chi connectivity index (χ4v) is 1.24. The van der Waals surface area contributed by atoms with Crippen molar-refractivity contribution in [1.29, 1.82) is 0 Å². The summed E-state index contributed by atoms with van der Waals surface area (Å²) in [6, 6.07) is 15.7. The first-order chi connectivity index (χ1) is 5.36. The maximum atomic E-state index is 3.17. The summed E-state index contributed by atoms with van der Waals surface area (Å²) in [5.41, 5.74) is 1.20. The molecule has 70 valence electrons. The quantitative estimate of drug-likeness (QED) is 0.631. The summed E-state index contributed by atoms with van der Waals surface area (Å²) >= 11 is 0. The molecule has 0 nitrogen and oxygen atoms in total. The van der Waals surface area contributed by atoms with Gasteiger partial charge in [-0.05, 0) is 0 Å². The predicted octanol–water partition coefficient (Wildman–Crippen LogP) is 3.85. The normalized spacial score (nSPS) is 8.07. The maximum Gasteiger partial charge on any atom is 3.00 e. The van der Waals surface area contributed by atoms with Gasteiger partial charge in [-0.25, -0.2) is 0 Å². The minimum Gasteiger partial charge on any atom is -0.358 e. The van der Waals surface area contributed by atoms with E-state index >= 15 is 0 Å². The number of rotatable bonds is 0. The third-order valence-corrected chi connectivity index (χ3v) is 1.82. The molecular weight excluding hydrogens is 245 g/mol. The summed E-state index contributed by atoms with van der Waals surface area (Å²) in [6.45, 7) is 2.06. The third-order valence-electron chi connectivity index (χ3n) is 1.82. The molecule has 0 saturated carbocycles. The molecule has 0 aliphatic heterocycles. The summed E-state index contributed by atoms with van der Waals surface area (Å²) in [7, 11) is 0. The van der Waals surface area contributed by atoms with Crippen molar-refractivity contribution in [1.82, 2.24) is 0 Å². The Morgan fingerprint density at radius 1 is 1.00 bits per heavy atom. The van der Waals surface area contributed by atoms with Crippen molar-refractivity contribution in [2.45, 2.75) is 6.92 Å². The van der Waals surface area contributed by atoms with Crippen molar-refractivity contribution >= 4 is 10.8 Å². The summed E-state index contributed by atoms with van der Waals surface area (Å²) in [5.74, 6) is 0. The first-order valence-corrected chi connectivity index (χ1v) is 3.73. The molecule has 0 spiro atoms. The van der Waals surface area contributed by atoms with Crippen LogP contribution < -0.4 is 0 Å². The van der Waals surface area contributed by atoms with Gasteiger partial charge in [0.25, 0.3) is 0 Å². The number of benzene rings is 2. The molecule has 0 saturated heterocycles. The third kappa shape index (κ3) is 3.51. The van der Waals surface area contributed by atoms with E-state index in [4.69, 9.17) is 0 Å². The zero-order valence-electron chi connectivity index (χ0n) is 9.04. The molecule has 0 fully saturated rings. The van der Waals surface area contributed by atoms with Crippen LogP contribution in [0.25, 0.3) is 10.8 Å². The van der Waals surface area contributed by atoms with Crippen molar-refractivity contribution < 1.29 is 32.7 Å². The molecule has 0 unspecified atom stereocenters. The fraction of sp³-hybridized carbons (Fsp3) is 0.0769. The molecular formula is C13H15Y. The zero-order valence-corrected chi connectivity index (χ0v) is 11.9. The Hall–Kier alpha value is -0.196. The van der Waals surface area contributed by atoms with Gasteiger partial charge in [0.15, 0.2) is 0 Å². The van der Waals surface area contributed by atoms with Crippen molar-refractivity contribution in [2.24, 2.45) is 0 Å². The summed E-state index contributed by atoms with van der Waals surface area (Å²) < 4.78 is 0. The van der Waals surface area contributed by atoms with Crippen LogP contribution in [0.3, 0.4) is 0 Å². The monoisotopic (exact) mass is 260 g/mol. The Morgan fingerprint density at radius 2 is 1.57 bits per heavy atom. The number of hydrogen-bond donors (Lipinski definition) is 0.